The Morgan fingerprint density at radius 2 is 1.48 bits per heavy atom. The molecule has 0 fully saturated rings. The molecule has 138 valence electrons. The molecule has 1 aromatic carbocycles. The number of hydrogen-bond donors (Lipinski definition) is 0. The van der Waals surface area contributed by atoms with Gasteiger partial charge in [-0.2, -0.15) is 0 Å². The molecule has 0 N–H and O–H groups in total. The van der Waals surface area contributed by atoms with Crippen molar-refractivity contribution in [2.24, 2.45) is 10.8 Å². The van der Waals surface area contributed by atoms with E-state index in [9.17, 15) is 9.59 Å². The molecule has 0 aliphatic heterocycles. The molecule has 0 aliphatic rings. The maximum atomic E-state index is 12.3. The minimum atomic E-state index is -0.586. The van der Waals surface area contributed by atoms with Gasteiger partial charge in [-0.15, -0.1) is 0 Å². The van der Waals surface area contributed by atoms with Gasteiger partial charge in [0.15, 0.2) is 0 Å². The number of rotatable bonds is 5. The first kappa shape index (κ1) is 20.9. The van der Waals surface area contributed by atoms with Crippen LogP contribution in [-0.2, 0) is 14.3 Å². The molecule has 0 saturated heterocycles. The topological polar surface area (TPSA) is 52.6 Å². The molecule has 1 atom stereocenters. The predicted molar refractivity (Wildman–Crippen MR) is 100 cm³/mol. The third-order valence-electron chi connectivity index (χ3n) is 3.71. The van der Waals surface area contributed by atoms with Gasteiger partial charge in [0.2, 0.25) is 0 Å². The van der Waals surface area contributed by atoms with Crippen molar-refractivity contribution in [2.75, 3.05) is 6.61 Å². The number of carbonyl (C=O) groups is 2. The maximum absolute atomic E-state index is 12.3. The first-order chi connectivity index (χ1) is 11.4. The summed E-state index contributed by atoms with van der Waals surface area (Å²) in [6.45, 7) is 17.7. The molecule has 0 bridgehead atoms. The zero-order chi connectivity index (χ0) is 19.4. The SMILES string of the molecule is C=C(c1ccc(C(=O)OCC)cc1)C(OC(=O)C(C)(C)C)C(C)(C)C. The zero-order valence-electron chi connectivity index (χ0n) is 16.4. The highest BCUT2D eigenvalue weighted by Gasteiger charge is 2.35. The Morgan fingerprint density at radius 1 is 1.00 bits per heavy atom. The van der Waals surface area contributed by atoms with Crippen LogP contribution in [0.25, 0.3) is 5.57 Å². The van der Waals surface area contributed by atoms with E-state index in [1.165, 1.54) is 0 Å². The minimum Gasteiger partial charge on any atom is -0.462 e. The fraction of sp³-hybridized carbons (Fsp3) is 0.524. The molecule has 1 rings (SSSR count). The lowest BCUT2D eigenvalue weighted by Crippen LogP contribution is -2.36. The van der Waals surface area contributed by atoms with Crippen molar-refractivity contribution in [3.05, 3.63) is 42.0 Å². The Bertz CT molecular complexity index is 627. The minimum absolute atomic E-state index is 0.267. The van der Waals surface area contributed by atoms with Crippen molar-refractivity contribution >= 4 is 17.5 Å². The van der Waals surface area contributed by atoms with Gasteiger partial charge in [-0.25, -0.2) is 4.79 Å². The number of hydrogen-bond acceptors (Lipinski definition) is 4. The summed E-state index contributed by atoms with van der Waals surface area (Å²) in [5.41, 5.74) is 1.13. The summed E-state index contributed by atoms with van der Waals surface area (Å²) in [5.74, 6) is -0.622. The molecule has 0 spiro atoms. The average molecular weight is 346 g/mol. The number of esters is 2. The first-order valence-corrected chi connectivity index (χ1v) is 8.55. The lowest BCUT2D eigenvalue weighted by molar-refractivity contribution is -0.160. The number of carbonyl (C=O) groups excluding carboxylic acids is 2. The smallest absolute Gasteiger partial charge is 0.338 e. The molecular formula is C21H30O4. The quantitative estimate of drug-likeness (QED) is 0.713. The molecule has 1 unspecified atom stereocenters. The van der Waals surface area contributed by atoms with Crippen molar-refractivity contribution in [1.82, 2.24) is 0 Å². The van der Waals surface area contributed by atoms with Gasteiger partial charge in [0.05, 0.1) is 17.6 Å². The summed E-state index contributed by atoms with van der Waals surface area (Å²) in [4.78, 5) is 24.1. The summed E-state index contributed by atoms with van der Waals surface area (Å²) in [6.07, 6.45) is -0.465. The van der Waals surface area contributed by atoms with Gasteiger partial charge in [0.1, 0.15) is 6.10 Å². The summed E-state index contributed by atoms with van der Waals surface area (Å²) in [7, 11) is 0. The highest BCUT2D eigenvalue weighted by Crippen LogP contribution is 2.34. The van der Waals surface area contributed by atoms with Crippen LogP contribution in [-0.4, -0.2) is 24.6 Å². The summed E-state index contributed by atoms with van der Waals surface area (Å²) < 4.78 is 10.8. The summed E-state index contributed by atoms with van der Waals surface area (Å²) in [6, 6.07) is 7.00. The Balaban J connectivity index is 3.06. The standard InChI is InChI=1S/C21H30O4/c1-9-24-18(22)16-12-10-15(11-13-16)14(2)17(20(3,4)5)25-19(23)21(6,7)8/h10-13,17H,2,9H2,1,3-8H3. The molecule has 0 aromatic heterocycles. The Morgan fingerprint density at radius 3 is 1.88 bits per heavy atom. The van der Waals surface area contributed by atoms with Crippen molar-refractivity contribution in [2.45, 2.75) is 54.6 Å². The molecule has 0 amide bonds. The van der Waals surface area contributed by atoms with Crippen LogP contribution in [0, 0.1) is 10.8 Å². The molecule has 4 nitrogen and oxygen atoms in total. The highest BCUT2D eigenvalue weighted by molar-refractivity contribution is 5.90. The third-order valence-corrected chi connectivity index (χ3v) is 3.71. The van der Waals surface area contributed by atoms with E-state index in [0.29, 0.717) is 17.7 Å². The molecule has 1 aromatic rings. The van der Waals surface area contributed by atoms with Gasteiger partial charge in [-0.3, -0.25) is 4.79 Å². The molecule has 0 heterocycles. The normalized spacial score (nSPS) is 13.1. The van der Waals surface area contributed by atoms with E-state index in [0.717, 1.165) is 5.56 Å². The van der Waals surface area contributed by atoms with E-state index in [2.05, 4.69) is 6.58 Å². The van der Waals surface area contributed by atoms with Gasteiger partial charge >= 0.3 is 11.9 Å². The maximum Gasteiger partial charge on any atom is 0.338 e. The van der Waals surface area contributed by atoms with Crippen molar-refractivity contribution in [3.8, 4) is 0 Å². The van der Waals surface area contributed by atoms with Crippen LogP contribution in [0.5, 0.6) is 0 Å². The number of benzene rings is 1. The molecule has 0 saturated carbocycles. The van der Waals surface area contributed by atoms with Crippen LogP contribution in [0.1, 0.15) is 64.4 Å². The van der Waals surface area contributed by atoms with Gasteiger partial charge in [-0.05, 0) is 51.0 Å². The van der Waals surface area contributed by atoms with Crippen LogP contribution >= 0.6 is 0 Å². The Labute approximate surface area is 151 Å². The van der Waals surface area contributed by atoms with Crippen LogP contribution in [0.3, 0.4) is 0 Å². The van der Waals surface area contributed by atoms with E-state index in [4.69, 9.17) is 9.47 Å². The van der Waals surface area contributed by atoms with E-state index in [1.807, 2.05) is 41.5 Å². The molecule has 4 heteroatoms. The molecule has 25 heavy (non-hydrogen) atoms. The van der Waals surface area contributed by atoms with Crippen LogP contribution < -0.4 is 0 Å². The van der Waals surface area contributed by atoms with Crippen LogP contribution in [0.2, 0.25) is 0 Å². The Kier molecular flexibility index (Phi) is 6.58. The van der Waals surface area contributed by atoms with Crippen molar-refractivity contribution < 1.29 is 19.1 Å². The second kappa shape index (κ2) is 7.85. The van der Waals surface area contributed by atoms with Crippen LogP contribution in [0.4, 0.5) is 0 Å². The van der Waals surface area contributed by atoms with E-state index in [1.54, 1.807) is 31.2 Å². The van der Waals surface area contributed by atoms with E-state index >= 15 is 0 Å². The van der Waals surface area contributed by atoms with Crippen molar-refractivity contribution in [1.29, 1.82) is 0 Å². The van der Waals surface area contributed by atoms with Gasteiger partial charge in [-0.1, -0.05) is 39.5 Å². The zero-order valence-corrected chi connectivity index (χ0v) is 16.4. The monoisotopic (exact) mass is 346 g/mol. The van der Waals surface area contributed by atoms with Crippen LogP contribution in [0.15, 0.2) is 30.8 Å². The third kappa shape index (κ3) is 5.73. The predicted octanol–water partition coefficient (Wildman–Crippen LogP) is 4.88. The second-order valence-electron chi connectivity index (χ2n) is 8.22. The van der Waals surface area contributed by atoms with E-state index < -0.39 is 11.5 Å². The fourth-order valence-corrected chi connectivity index (χ4v) is 2.24. The molecule has 0 aliphatic carbocycles. The first-order valence-electron chi connectivity index (χ1n) is 8.55. The Hall–Kier alpha value is -2.10. The lowest BCUT2D eigenvalue weighted by Gasteiger charge is -2.34. The lowest BCUT2D eigenvalue weighted by atomic mass is 9.82. The second-order valence-corrected chi connectivity index (χ2v) is 8.22. The van der Waals surface area contributed by atoms with E-state index in [-0.39, 0.29) is 17.4 Å². The summed E-state index contributed by atoms with van der Waals surface area (Å²) in [5, 5.41) is 0. The largest absolute Gasteiger partial charge is 0.462 e. The average Bonchev–Trinajstić information content (AvgIpc) is 2.50. The number of ether oxygens (including phenoxy) is 2. The molecule has 0 radical (unpaired) electrons. The summed E-state index contributed by atoms with van der Waals surface area (Å²) >= 11 is 0. The van der Waals surface area contributed by atoms with Crippen molar-refractivity contribution in [3.63, 3.8) is 0 Å². The van der Waals surface area contributed by atoms with Gasteiger partial charge in [0.25, 0.3) is 0 Å². The fourth-order valence-electron chi connectivity index (χ4n) is 2.24. The van der Waals surface area contributed by atoms with Gasteiger partial charge < -0.3 is 9.47 Å². The highest BCUT2D eigenvalue weighted by atomic mass is 16.5. The molecular weight excluding hydrogens is 316 g/mol. The van der Waals surface area contributed by atoms with Gasteiger partial charge in [0, 0.05) is 5.41 Å².